The van der Waals surface area contributed by atoms with Crippen LogP contribution in [0.3, 0.4) is 0 Å². The Balaban J connectivity index is 4.00. The van der Waals surface area contributed by atoms with Gasteiger partial charge in [0.15, 0.2) is 6.10 Å². The zero-order valence-electron chi connectivity index (χ0n) is 12.9. The van der Waals surface area contributed by atoms with Gasteiger partial charge in [0.05, 0.1) is 17.4 Å². The Morgan fingerprint density at radius 1 is 1.05 bits per heavy atom. The molecule has 0 bridgehead atoms. The van der Waals surface area contributed by atoms with Crippen LogP contribution in [-0.2, 0) is 9.53 Å². The lowest BCUT2D eigenvalue weighted by Gasteiger charge is -2.24. The fourth-order valence-electron chi connectivity index (χ4n) is 2.03. The number of carbonyl (C=O) groups is 1. The van der Waals surface area contributed by atoms with Gasteiger partial charge in [-0.2, -0.15) is 0 Å². The van der Waals surface area contributed by atoms with Crippen LogP contribution in [0, 0.1) is 0 Å². The molecule has 0 aromatic rings. The number of rotatable bonds is 12. The van der Waals surface area contributed by atoms with E-state index in [1.165, 1.54) is 25.7 Å². The lowest BCUT2D eigenvalue weighted by Crippen LogP contribution is -2.44. The van der Waals surface area contributed by atoms with E-state index in [4.69, 9.17) is 23.2 Å². The van der Waals surface area contributed by atoms with Crippen molar-refractivity contribution < 1.29 is 19.7 Å². The Hall–Kier alpha value is -0.0300. The molecule has 0 amide bonds. The first-order valence-electron chi connectivity index (χ1n) is 7.76. The van der Waals surface area contributed by atoms with Crippen molar-refractivity contribution in [3.8, 4) is 0 Å². The van der Waals surface area contributed by atoms with Gasteiger partial charge in [0.25, 0.3) is 0 Å². The maximum absolute atomic E-state index is 11.3. The molecule has 2 N–H and O–H groups in total. The maximum atomic E-state index is 11.3. The van der Waals surface area contributed by atoms with Gasteiger partial charge in [-0.05, 0) is 13.3 Å². The van der Waals surface area contributed by atoms with Crippen LogP contribution >= 0.6 is 23.2 Å². The van der Waals surface area contributed by atoms with Crippen molar-refractivity contribution in [3.05, 3.63) is 0 Å². The number of esters is 1. The van der Waals surface area contributed by atoms with Gasteiger partial charge in [-0.1, -0.05) is 45.4 Å². The summed E-state index contributed by atoms with van der Waals surface area (Å²) in [6, 6.07) is 0. The molecule has 0 aliphatic carbocycles. The average Bonchev–Trinajstić information content (AvgIpc) is 2.48. The summed E-state index contributed by atoms with van der Waals surface area (Å²) in [4.78, 5) is 11.3. The summed E-state index contributed by atoms with van der Waals surface area (Å²) in [5.74, 6) is -0.876. The highest BCUT2D eigenvalue weighted by Crippen LogP contribution is 2.22. The van der Waals surface area contributed by atoms with Gasteiger partial charge >= 0.3 is 5.97 Å². The first-order valence-corrected chi connectivity index (χ1v) is 8.63. The van der Waals surface area contributed by atoms with E-state index in [1.807, 2.05) is 0 Å². The summed E-state index contributed by atoms with van der Waals surface area (Å²) in [5, 5.41) is 18.1. The molecule has 0 radical (unpaired) electrons. The van der Waals surface area contributed by atoms with Crippen molar-refractivity contribution in [2.24, 2.45) is 0 Å². The molecule has 0 saturated carbocycles. The number of ether oxygens (including phenoxy) is 1. The third kappa shape index (κ3) is 8.87. The molecule has 0 unspecified atom stereocenters. The van der Waals surface area contributed by atoms with Crippen molar-refractivity contribution in [2.45, 2.75) is 81.8 Å². The van der Waals surface area contributed by atoms with E-state index in [1.54, 1.807) is 6.92 Å². The van der Waals surface area contributed by atoms with Crippen molar-refractivity contribution in [2.75, 3.05) is 6.61 Å². The average molecular weight is 343 g/mol. The first-order chi connectivity index (χ1) is 9.95. The minimum Gasteiger partial charge on any atom is -0.464 e. The molecule has 0 aliphatic rings. The molecule has 0 saturated heterocycles. The van der Waals surface area contributed by atoms with Crippen LogP contribution in [0.15, 0.2) is 0 Å². The number of hydrogen-bond donors (Lipinski definition) is 2. The van der Waals surface area contributed by atoms with E-state index < -0.39 is 28.9 Å². The van der Waals surface area contributed by atoms with Crippen molar-refractivity contribution in [1.29, 1.82) is 0 Å². The van der Waals surface area contributed by atoms with Crippen LogP contribution < -0.4 is 0 Å². The first kappa shape index (κ1) is 21.0. The Kier molecular flexibility index (Phi) is 12.5. The number of hydrogen-bond acceptors (Lipinski definition) is 4. The van der Waals surface area contributed by atoms with E-state index in [2.05, 4.69) is 11.7 Å². The van der Waals surface area contributed by atoms with Crippen molar-refractivity contribution >= 4 is 29.2 Å². The number of alkyl halides is 2. The smallest absolute Gasteiger partial charge is 0.337 e. The summed E-state index contributed by atoms with van der Waals surface area (Å²) in [6.45, 7) is 3.93. The SMILES string of the molecule is CCCCCCCC[C@H](Cl)[C@@H](Cl)[C@@H](O)[C@H](O)C(=O)OCC. The summed E-state index contributed by atoms with van der Waals surface area (Å²) in [6.07, 6.45) is 4.40. The van der Waals surface area contributed by atoms with E-state index in [0.717, 1.165) is 12.8 Å². The Labute approximate surface area is 137 Å². The Morgan fingerprint density at radius 2 is 1.62 bits per heavy atom. The molecule has 0 rings (SSSR count). The quantitative estimate of drug-likeness (QED) is 0.324. The largest absolute Gasteiger partial charge is 0.464 e. The molecule has 0 fully saturated rings. The number of carbonyl (C=O) groups excluding carboxylic acids is 1. The van der Waals surface area contributed by atoms with Gasteiger partial charge in [-0.15, -0.1) is 23.2 Å². The zero-order chi connectivity index (χ0) is 16.3. The number of aliphatic hydroxyl groups is 2. The van der Waals surface area contributed by atoms with Gasteiger partial charge in [0, 0.05) is 0 Å². The lowest BCUT2D eigenvalue weighted by molar-refractivity contribution is -0.159. The van der Waals surface area contributed by atoms with E-state index in [0.29, 0.717) is 6.42 Å². The fourth-order valence-corrected chi connectivity index (χ4v) is 2.60. The highest BCUT2D eigenvalue weighted by molar-refractivity contribution is 6.30. The molecular weight excluding hydrogens is 315 g/mol. The lowest BCUT2D eigenvalue weighted by atomic mass is 10.0. The fraction of sp³-hybridized carbons (Fsp3) is 0.933. The van der Waals surface area contributed by atoms with Gasteiger partial charge in [-0.3, -0.25) is 0 Å². The Morgan fingerprint density at radius 3 is 2.19 bits per heavy atom. The van der Waals surface area contributed by atoms with Crippen LogP contribution in [0.5, 0.6) is 0 Å². The van der Waals surface area contributed by atoms with E-state index in [-0.39, 0.29) is 6.61 Å². The maximum Gasteiger partial charge on any atom is 0.337 e. The molecular formula is C15H28Cl2O4. The van der Waals surface area contributed by atoms with E-state index >= 15 is 0 Å². The second kappa shape index (κ2) is 12.5. The predicted octanol–water partition coefficient (Wildman–Crippen LogP) is 3.24. The minimum absolute atomic E-state index is 0.137. The Bertz CT molecular complexity index is 276. The number of halogens is 2. The van der Waals surface area contributed by atoms with Gasteiger partial charge < -0.3 is 14.9 Å². The van der Waals surface area contributed by atoms with E-state index in [9.17, 15) is 15.0 Å². The molecule has 6 heteroatoms. The summed E-state index contributed by atoms with van der Waals surface area (Å²) >= 11 is 12.2. The zero-order valence-corrected chi connectivity index (χ0v) is 14.4. The second-order valence-corrected chi connectivity index (χ2v) is 6.27. The third-order valence-electron chi connectivity index (χ3n) is 3.36. The molecule has 0 spiro atoms. The molecule has 0 heterocycles. The second-order valence-electron chi connectivity index (χ2n) is 5.20. The molecule has 4 atom stereocenters. The summed E-state index contributed by atoms with van der Waals surface area (Å²) in [5.41, 5.74) is 0. The highest BCUT2D eigenvalue weighted by atomic mass is 35.5. The van der Waals surface area contributed by atoms with Crippen LogP contribution in [0.4, 0.5) is 0 Å². The van der Waals surface area contributed by atoms with Gasteiger partial charge in [0.2, 0.25) is 0 Å². The molecule has 0 aliphatic heterocycles. The number of unbranched alkanes of at least 4 members (excludes halogenated alkanes) is 5. The van der Waals surface area contributed by atoms with Gasteiger partial charge in [0.1, 0.15) is 6.10 Å². The molecule has 0 aromatic carbocycles. The minimum atomic E-state index is -1.65. The molecule has 4 nitrogen and oxygen atoms in total. The topological polar surface area (TPSA) is 66.8 Å². The predicted molar refractivity (Wildman–Crippen MR) is 85.9 cm³/mol. The third-order valence-corrected chi connectivity index (χ3v) is 4.54. The number of aliphatic hydroxyl groups excluding tert-OH is 2. The standard InChI is InChI=1S/C15H28Cl2O4/c1-3-5-6-7-8-9-10-11(16)12(17)13(18)14(19)15(20)21-4-2/h11-14,18-19H,3-10H2,1-2H3/t11-,12+,13+,14-/m0/s1. The summed E-state index contributed by atoms with van der Waals surface area (Å²) < 4.78 is 4.64. The summed E-state index contributed by atoms with van der Waals surface area (Å²) in [7, 11) is 0. The van der Waals surface area contributed by atoms with Crippen molar-refractivity contribution in [3.63, 3.8) is 0 Å². The van der Waals surface area contributed by atoms with Crippen LogP contribution in [0.1, 0.15) is 58.8 Å². The normalized spacial score (nSPS) is 17.0. The van der Waals surface area contributed by atoms with Crippen LogP contribution in [0.25, 0.3) is 0 Å². The molecule has 126 valence electrons. The monoisotopic (exact) mass is 342 g/mol. The molecule has 21 heavy (non-hydrogen) atoms. The highest BCUT2D eigenvalue weighted by Gasteiger charge is 2.34. The van der Waals surface area contributed by atoms with Gasteiger partial charge in [-0.25, -0.2) is 4.79 Å². The van der Waals surface area contributed by atoms with Crippen LogP contribution in [-0.4, -0.2) is 45.8 Å². The van der Waals surface area contributed by atoms with Crippen molar-refractivity contribution in [1.82, 2.24) is 0 Å². The van der Waals surface area contributed by atoms with Crippen LogP contribution in [0.2, 0.25) is 0 Å². The molecule has 0 aromatic heterocycles.